The van der Waals surface area contributed by atoms with Crippen LogP contribution >= 0.6 is 0 Å². The van der Waals surface area contributed by atoms with Crippen LogP contribution in [0, 0.1) is 23.7 Å². The number of nitrogens with one attached hydrogen (secondary N) is 1. The average molecular weight is 395 g/mol. The van der Waals surface area contributed by atoms with E-state index >= 15 is 0 Å². The molecule has 154 valence electrons. The van der Waals surface area contributed by atoms with Gasteiger partial charge in [0.2, 0.25) is 11.8 Å². The lowest BCUT2D eigenvalue weighted by Crippen LogP contribution is -2.55. The van der Waals surface area contributed by atoms with Crippen LogP contribution in [0.4, 0.5) is 5.69 Å². The first-order valence-electron chi connectivity index (χ1n) is 11.1. The predicted octanol–water partition coefficient (Wildman–Crippen LogP) is 1.58. The second-order valence-corrected chi connectivity index (χ2v) is 10.0. The van der Waals surface area contributed by atoms with E-state index in [4.69, 9.17) is 0 Å². The van der Waals surface area contributed by atoms with E-state index in [0.29, 0.717) is 17.9 Å². The monoisotopic (exact) mass is 394 g/mol. The van der Waals surface area contributed by atoms with E-state index in [1.54, 1.807) is 0 Å². The van der Waals surface area contributed by atoms with Crippen molar-refractivity contribution in [2.24, 2.45) is 23.7 Å². The van der Waals surface area contributed by atoms with Crippen LogP contribution in [0.3, 0.4) is 0 Å². The Morgan fingerprint density at radius 2 is 2.00 bits per heavy atom. The van der Waals surface area contributed by atoms with E-state index in [-0.39, 0.29) is 17.7 Å². The maximum absolute atomic E-state index is 13.8. The number of fused-ring (bicyclic) bond motifs is 5. The third kappa shape index (κ3) is 2.30. The molecule has 1 aliphatic carbocycles. The normalized spacial score (nSPS) is 39.8. The highest BCUT2D eigenvalue weighted by molar-refractivity contribution is 6.09. The maximum Gasteiger partial charge on any atom is 0.250 e. The van der Waals surface area contributed by atoms with E-state index in [1.807, 2.05) is 18.2 Å². The molecular formula is C23H30N4O2. The number of hydrogen-bond acceptors (Lipinski definition) is 4. The predicted molar refractivity (Wildman–Crippen MR) is 110 cm³/mol. The molecule has 1 spiro atoms. The van der Waals surface area contributed by atoms with Crippen molar-refractivity contribution in [2.75, 3.05) is 45.6 Å². The second kappa shape index (κ2) is 6.05. The number of likely N-dealkylation sites (tertiary alicyclic amines) is 1. The van der Waals surface area contributed by atoms with Gasteiger partial charge in [0.25, 0.3) is 0 Å². The molecule has 0 bridgehead atoms. The molecular weight excluding hydrogens is 364 g/mol. The van der Waals surface area contributed by atoms with E-state index in [2.05, 4.69) is 40.2 Å². The van der Waals surface area contributed by atoms with Gasteiger partial charge in [-0.1, -0.05) is 18.2 Å². The van der Waals surface area contributed by atoms with E-state index in [0.717, 1.165) is 62.6 Å². The second-order valence-electron chi connectivity index (χ2n) is 10.0. The van der Waals surface area contributed by atoms with Gasteiger partial charge in [-0.15, -0.1) is 0 Å². The summed E-state index contributed by atoms with van der Waals surface area (Å²) in [5.74, 6) is 2.01. The minimum absolute atomic E-state index is 0.0105. The van der Waals surface area contributed by atoms with Gasteiger partial charge in [-0.05, 0) is 63.7 Å². The van der Waals surface area contributed by atoms with Crippen molar-refractivity contribution in [3.05, 3.63) is 29.8 Å². The Morgan fingerprint density at radius 1 is 1.24 bits per heavy atom. The number of carbonyl (C=O) groups is 2. The summed E-state index contributed by atoms with van der Waals surface area (Å²) in [6.45, 7) is 3.79. The molecule has 4 aliphatic heterocycles. The lowest BCUT2D eigenvalue weighted by Gasteiger charge is -2.38. The largest absolute Gasteiger partial charge is 0.342 e. The Hall–Kier alpha value is -1.92. The summed E-state index contributed by atoms with van der Waals surface area (Å²) in [5.41, 5.74) is 1.10. The first-order chi connectivity index (χ1) is 14.0. The van der Waals surface area contributed by atoms with Crippen LogP contribution < -0.4 is 5.32 Å². The van der Waals surface area contributed by atoms with Gasteiger partial charge in [-0.2, -0.15) is 0 Å². The zero-order valence-corrected chi connectivity index (χ0v) is 17.3. The molecule has 0 radical (unpaired) electrons. The zero-order valence-electron chi connectivity index (χ0n) is 17.3. The van der Waals surface area contributed by atoms with E-state index < -0.39 is 5.54 Å². The van der Waals surface area contributed by atoms with E-state index in [1.165, 1.54) is 0 Å². The van der Waals surface area contributed by atoms with Crippen LogP contribution in [-0.4, -0.2) is 72.8 Å². The Bertz CT molecular complexity index is 873. The van der Waals surface area contributed by atoms with Gasteiger partial charge in [0.05, 0.1) is 5.92 Å². The molecule has 1 unspecified atom stereocenters. The molecule has 1 saturated carbocycles. The zero-order chi connectivity index (χ0) is 19.9. The van der Waals surface area contributed by atoms with Crippen molar-refractivity contribution in [1.29, 1.82) is 0 Å². The SMILES string of the molecule is CN(C)CC1[C@H]2CN(C(=O)[C@H]3C[C@H]4CCCN4[C@]34C(=O)Nc3ccccc34)C[C@@H]12. The van der Waals surface area contributed by atoms with Gasteiger partial charge in [-0.3, -0.25) is 14.5 Å². The fourth-order valence-corrected chi connectivity index (χ4v) is 7.11. The number of para-hydroxylation sites is 1. The topological polar surface area (TPSA) is 55.9 Å². The summed E-state index contributed by atoms with van der Waals surface area (Å²) in [7, 11) is 4.26. The number of piperidine rings is 1. The van der Waals surface area contributed by atoms with Crippen molar-refractivity contribution >= 4 is 17.5 Å². The summed E-state index contributed by atoms with van der Waals surface area (Å²) in [5, 5.41) is 3.11. The van der Waals surface area contributed by atoms with Crippen LogP contribution in [0.2, 0.25) is 0 Å². The highest BCUT2D eigenvalue weighted by Crippen LogP contribution is 2.57. The third-order valence-corrected chi connectivity index (χ3v) is 8.33. The summed E-state index contributed by atoms with van der Waals surface area (Å²) < 4.78 is 0. The number of carbonyl (C=O) groups excluding carboxylic acids is 2. The molecule has 6 heteroatoms. The molecule has 6 nitrogen and oxygen atoms in total. The number of amides is 2. The van der Waals surface area contributed by atoms with Gasteiger partial charge < -0.3 is 15.1 Å². The highest BCUT2D eigenvalue weighted by Gasteiger charge is 2.67. The summed E-state index contributed by atoms with van der Waals surface area (Å²) in [6.07, 6.45) is 3.02. The molecule has 4 fully saturated rings. The number of nitrogens with zero attached hydrogens (tertiary/aromatic N) is 3. The number of rotatable bonds is 3. The van der Waals surface area contributed by atoms with Gasteiger partial charge >= 0.3 is 0 Å². The Labute approximate surface area is 172 Å². The smallest absolute Gasteiger partial charge is 0.250 e. The van der Waals surface area contributed by atoms with E-state index in [9.17, 15) is 9.59 Å². The quantitative estimate of drug-likeness (QED) is 0.846. The van der Waals surface area contributed by atoms with Crippen molar-refractivity contribution in [3.8, 4) is 0 Å². The standard InChI is InChI=1S/C23H30N4O2/c1-25(2)11-15-16-12-26(13-17(15)16)21(28)19-10-14-6-5-9-27(14)23(19)18-7-3-4-8-20(18)24-22(23)29/h3-4,7-8,14-17,19H,5-6,9-13H2,1-2H3,(H,24,29)/t14-,15?,16-,17+,19-,23+/m1/s1. The number of benzene rings is 1. The molecule has 5 aliphatic rings. The first-order valence-corrected chi connectivity index (χ1v) is 11.1. The summed E-state index contributed by atoms with van der Waals surface area (Å²) >= 11 is 0. The molecule has 1 N–H and O–H groups in total. The fraction of sp³-hybridized carbons (Fsp3) is 0.652. The Morgan fingerprint density at radius 3 is 2.76 bits per heavy atom. The van der Waals surface area contributed by atoms with Crippen molar-refractivity contribution in [1.82, 2.24) is 14.7 Å². The number of anilines is 1. The Kier molecular flexibility index (Phi) is 3.73. The molecule has 29 heavy (non-hydrogen) atoms. The summed E-state index contributed by atoms with van der Waals surface area (Å²) in [4.78, 5) is 34.0. The average Bonchev–Trinajstić information content (AvgIpc) is 3.20. The molecule has 4 heterocycles. The van der Waals surface area contributed by atoms with Gasteiger partial charge in [0, 0.05) is 36.9 Å². The minimum Gasteiger partial charge on any atom is -0.342 e. The molecule has 6 rings (SSSR count). The van der Waals surface area contributed by atoms with Crippen LogP contribution in [0.5, 0.6) is 0 Å². The lowest BCUT2D eigenvalue weighted by molar-refractivity contribution is -0.144. The van der Waals surface area contributed by atoms with Crippen molar-refractivity contribution < 1.29 is 9.59 Å². The third-order valence-electron chi connectivity index (χ3n) is 8.33. The summed E-state index contributed by atoms with van der Waals surface area (Å²) in [6, 6.07) is 8.35. The Balaban J connectivity index is 1.31. The molecule has 3 saturated heterocycles. The first kappa shape index (κ1) is 17.9. The minimum atomic E-state index is -0.801. The molecule has 0 aromatic heterocycles. The van der Waals surface area contributed by atoms with Crippen LogP contribution in [-0.2, 0) is 15.1 Å². The van der Waals surface area contributed by atoms with Crippen LogP contribution in [0.15, 0.2) is 24.3 Å². The molecule has 1 aromatic carbocycles. The molecule has 6 atom stereocenters. The van der Waals surface area contributed by atoms with Gasteiger partial charge in [-0.25, -0.2) is 0 Å². The van der Waals surface area contributed by atoms with Crippen molar-refractivity contribution in [3.63, 3.8) is 0 Å². The fourth-order valence-electron chi connectivity index (χ4n) is 7.11. The highest BCUT2D eigenvalue weighted by atomic mass is 16.2. The molecule has 2 amide bonds. The lowest BCUT2D eigenvalue weighted by atomic mass is 9.78. The van der Waals surface area contributed by atoms with Crippen molar-refractivity contribution in [2.45, 2.75) is 30.8 Å². The van der Waals surface area contributed by atoms with Gasteiger partial charge in [0.1, 0.15) is 5.54 Å². The number of hydrogen-bond donors (Lipinski definition) is 1. The maximum atomic E-state index is 13.8. The molecule has 1 aromatic rings. The van der Waals surface area contributed by atoms with Crippen LogP contribution in [0.25, 0.3) is 0 Å². The van der Waals surface area contributed by atoms with Crippen LogP contribution in [0.1, 0.15) is 24.8 Å². The van der Waals surface area contributed by atoms with Gasteiger partial charge in [0.15, 0.2) is 0 Å².